The van der Waals surface area contributed by atoms with E-state index >= 15 is 0 Å². The molecule has 0 aromatic carbocycles. The molecule has 8 heteroatoms. The van der Waals surface area contributed by atoms with Crippen LogP contribution in [0.4, 0.5) is 5.69 Å². The van der Waals surface area contributed by atoms with E-state index < -0.39 is 10.0 Å². The van der Waals surface area contributed by atoms with Crippen LogP contribution in [0.25, 0.3) is 0 Å². The molecule has 0 spiro atoms. The van der Waals surface area contributed by atoms with Crippen LogP contribution in [-0.4, -0.2) is 56.3 Å². The Kier molecular flexibility index (Phi) is 4.59. The van der Waals surface area contributed by atoms with Crippen molar-refractivity contribution >= 4 is 15.7 Å². The van der Waals surface area contributed by atoms with Gasteiger partial charge in [-0.05, 0) is 38.1 Å². The second-order valence-corrected chi connectivity index (χ2v) is 7.16. The van der Waals surface area contributed by atoms with Crippen molar-refractivity contribution in [2.24, 2.45) is 11.8 Å². The fourth-order valence-electron chi connectivity index (χ4n) is 2.49. The smallest absolute Gasteiger partial charge is 0.262 e. The highest BCUT2D eigenvalue weighted by atomic mass is 32.2. The third-order valence-corrected chi connectivity index (χ3v) is 5.37. The van der Waals surface area contributed by atoms with E-state index in [1.807, 2.05) is 7.05 Å². The summed E-state index contributed by atoms with van der Waals surface area (Å²) in [6, 6.07) is 3.23. The quantitative estimate of drug-likeness (QED) is 0.584. The summed E-state index contributed by atoms with van der Waals surface area (Å²) in [4.78, 5) is 6.16. The van der Waals surface area contributed by atoms with Gasteiger partial charge in [-0.1, -0.05) is 0 Å². The van der Waals surface area contributed by atoms with E-state index in [1.54, 1.807) is 19.2 Å². The van der Waals surface area contributed by atoms with Crippen molar-refractivity contribution in [2.75, 3.05) is 39.2 Å². The Balaban J connectivity index is 2.17. The predicted molar refractivity (Wildman–Crippen MR) is 77.5 cm³/mol. The Morgan fingerprint density at radius 3 is 2.95 bits per heavy atom. The Labute approximate surface area is 119 Å². The molecule has 1 fully saturated rings. The van der Waals surface area contributed by atoms with E-state index in [0.29, 0.717) is 18.2 Å². The van der Waals surface area contributed by atoms with Crippen molar-refractivity contribution in [1.29, 1.82) is 0 Å². The number of pyridine rings is 1. The first kappa shape index (κ1) is 15.2. The Hall–Kier alpha value is -1.22. The predicted octanol–water partition coefficient (Wildman–Crippen LogP) is -0.0606. The number of nitrogen functional groups attached to an aromatic ring is 1. The number of hydrogen-bond acceptors (Lipinski definition) is 6. The van der Waals surface area contributed by atoms with Gasteiger partial charge in [0.2, 0.25) is 0 Å². The maximum atomic E-state index is 12.5. The van der Waals surface area contributed by atoms with Gasteiger partial charge >= 0.3 is 0 Å². The molecule has 1 aromatic rings. The molecule has 1 saturated heterocycles. The molecule has 3 N–H and O–H groups in total. The minimum atomic E-state index is -3.63. The topological polar surface area (TPSA) is 91.6 Å². The summed E-state index contributed by atoms with van der Waals surface area (Å²) in [7, 11) is 0.00579. The summed E-state index contributed by atoms with van der Waals surface area (Å²) in [5, 5.41) is -0.0312. The van der Waals surface area contributed by atoms with E-state index in [0.717, 1.165) is 19.5 Å². The molecular formula is C12H21N5O2S. The van der Waals surface area contributed by atoms with Crippen LogP contribution in [0.15, 0.2) is 23.4 Å². The molecule has 20 heavy (non-hydrogen) atoms. The van der Waals surface area contributed by atoms with Gasteiger partial charge in [0, 0.05) is 26.3 Å². The molecule has 2 rings (SSSR count). The maximum absolute atomic E-state index is 12.5. The highest BCUT2D eigenvalue weighted by molar-refractivity contribution is 7.89. The molecule has 0 amide bonds. The first-order valence-electron chi connectivity index (χ1n) is 6.51. The lowest BCUT2D eigenvalue weighted by molar-refractivity contribution is 0.356. The lowest BCUT2D eigenvalue weighted by Gasteiger charge is -2.21. The summed E-state index contributed by atoms with van der Waals surface area (Å²) in [6.45, 7) is 2.43. The van der Waals surface area contributed by atoms with Gasteiger partial charge in [0.05, 0.1) is 5.69 Å². The van der Waals surface area contributed by atoms with Gasteiger partial charge in [0.25, 0.3) is 10.0 Å². The monoisotopic (exact) mass is 299 g/mol. The number of nitrogens with two attached hydrogens (primary N) is 1. The van der Waals surface area contributed by atoms with Gasteiger partial charge in [0.1, 0.15) is 0 Å². The first-order chi connectivity index (χ1) is 9.45. The second kappa shape index (κ2) is 6.04. The molecular weight excluding hydrogens is 278 g/mol. The van der Waals surface area contributed by atoms with Crippen molar-refractivity contribution in [2.45, 2.75) is 11.4 Å². The molecule has 1 aliphatic rings. The zero-order valence-electron chi connectivity index (χ0n) is 11.8. The largest absolute Gasteiger partial charge is 0.321 e. The zero-order valence-corrected chi connectivity index (χ0v) is 12.6. The number of aromatic nitrogens is 1. The minimum Gasteiger partial charge on any atom is -0.321 e. The van der Waals surface area contributed by atoms with E-state index in [2.05, 4.69) is 15.3 Å². The van der Waals surface area contributed by atoms with Gasteiger partial charge in [0.15, 0.2) is 5.03 Å². The number of anilines is 1. The fraction of sp³-hybridized carbons (Fsp3) is 0.583. The van der Waals surface area contributed by atoms with E-state index in [1.165, 1.54) is 10.5 Å². The molecule has 1 aliphatic heterocycles. The molecule has 2 heterocycles. The van der Waals surface area contributed by atoms with E-state index in [9.17, 15) is 8.42 Å². The van der Waals surface area contributed by atoms with Gasteiger partial charge < -0.3 is 10.3 Å². The average molecular weight is 299 g/mol. The summed E-state index contributed by atoms with van der Waals surface area (Å²) in [6.07, 6.45) is 2.46. The van der Waals surface area contributed by atoms with Crippen LogP contribution in [0, 0.1) is 5.92 Å². The molecule has 0 radical (unpaired) electrons. The molecule has 1 unspecified atom stereocenters. The zero-order chi connectivity index (χ0) is 14.8. The third-order valence-electron chi connectivity index (χ3n) is 3.59. The number of nitrogens with one attached hydrogen (secondary N) is 1. The third kappa shape index (κ3) is 3.09. The van der Waals surface area contributed by atoms with Crippen LogP contribution in [0.1, 0.15) is 6.42 Å². The lowest BCUT2D eigenvalue weighted by atomic mass is 10.1. The molecule has 0 aliphatic carbocycles. The SMILES string of the molecule is CN1CCC(CN(C)S(=O)(=O)c2ncccc2NN)C1. The normalized spacial score (nSPS) is 20.5. The number of hydrazine groups is 1. The molecule has 0 saturated carbocycles. The standard InChI is InChI=1S/C12H21N5O2S/c1-16-7-5-10(8-16)9-17(2)20(18,19)12-11(15-13)4-3-6-14-12/h3-4,6,10,15H,5,7-9,13H2,1-2H3. The highest BCUT2D eigenvalue weighted by Gasteiger charge is 2.29. The Bertz CT molecular complexity index is 563. The second-order valence-electron chi connectivity index (χ2n) is 5.20. The van der Waals surface area contributed by atoms with E-state index in [4.69, 9.17) is 5.84 Å². The molecule has 0 bridgehead atoms. The van der Waals surface area contributed by atoms with Crippen molar-refractivity contribution < 1.29 is 8.42 Å². The van der Waals surface area contributed by atoms with Crippen molar-refractivity contribution in [3.63, 3.8) is 0 Å². The number of rotatable bonds is 5. The van der Waals surface area contributed by atoms with Gasteiger partial charge in [-0.3, -0.25) is 5.84 Å². The van der Waals surface area contributed by atoms with Crippen molar-refractivity contribution in [3.05, 3.63) is 18.3 Å². The van der Waals surface area contributed by atoms with Gasteiger partial charge in [-0.15, -0.1) is 0 Å². The number of likely N-dealkylation sites (tertiary alicyclic amines) is 1. The van der Waals surface area contributed by atoms with Crippen LogP contribution in [0.2, 0.25) is 0 Å². The number of hydrogen-bond donors (Lipinski definition) is 2. The molecule has 7 nitrogen and oxygen atoms in total. The highest BCUT2D eigenvalue weighted by Crippen LogP contribution is 2.23. The average Bonchev–Trinajstić information content (AvgIpc) is 2.84. The number of sulfonamides is 1. The minimum absolute atomic E-state index is 0.0312. The van der Waals surface area contributed by atoms with Crippen molar-refractivity contribution in [1.82, 2.24) is 14.2 Å². The van der Waals surface area contributed by atoms with Gasteiger partial charge in [-0.25, -0.2) is 13.4 Å². The maximum Gasteiger partial charge on any atom is 0.262 e. The molecule has 112 valence electrons. The van der Waals surface area contributed by atoms with Gasteiger partial charge in [-0.2, -0.15) is 4.31 Å². The van der Waals surface area contributed by atoms with Crippen molar-refractivity contribution in [3.8, 4) is 0 Å². The summed E-state index contributed by atoms with van der Waals surface area (Å²) >= 11 is 0. The van der Waals surface area contributed by atoms with Crippen LogP contribution in [0.5, 0.6) is 0 Å². The van der Waals surface area contributed by atoms with E-state index in [-0.39, 0.29) is 5.03 Å². The molecule has 1 atom stereocenters. The Morgan fingerprint density at radius 1 is 1.60 bits per heavy atom. The summed E-state index contributed by atoms with van der Waals surface area (Å²) in [5.74, 6) is 5.71. The van der Waals surface area contributed by atoms with Crippen LogP contribution in [0.3, 0.4) is 0 Å². The first-order valence-corrected chi connectivity index (χ1v) is 7.95. The summed E-state index contributed by atoms with van der Waals surface area (Å²) in [5.41, 5.74) is 2.69. The lowest BCUT2D eigenvalue weighted by Crippen LogP contribution is -2.34. The van der Waals surface area contributed by atoms with Crippen LogP contribution in [-0.2, 0) is 10.0 Å². The van der Waals surface area contributed by atoms with Crippen LogP contribution < -0.4 is 11.3 Å². The number of nitrogens with zero attached hydrogens (tertiary/aromatic N) is 3. The fourth-order valence-corrected chi connectivity index (χ4v) is 3.79. The molecule has 1 aromatic heterocycles. The summed E-state index contributed by atoms with van der Waals surface area (Å²) < 4.78 is 26.4. The Morgan fingerprint density at radius 2 is 2.35 bits per heavy atom. The van der Waals surface area contributed by atoms with Crippen LogP contribution >= 0.6 is 0 Å².